The van der Waals surface area contributed by atoms with Crippen LogP contribution < -0.4 is 5.32 Å². The highest BCUT2D eigenvalue weighted by molar-refractivity contribution is 5.92. The molecule has 5 heteroatoms. The number of aryl methyl sites for hydroxylation is 1. The van der Waals surface area contributed by atoms with Gasteiger partial charge in [-0.05, 0) is 43.5 Å². The van der Waals surface area contributed by atoms with Crippen molar-refractivity contribution in [2.24, 2.45) is 0 Å². The van der Waals surface area contributed by atoms with Crippen molar-refractivity contribution in [2.75, 3.05) is 18.4 Å². The number of carboxylic acid groups (broad SMARTS) is 1. The lowest BCUT2D eigenvalue weighted by molar-refractivity contribution is 0.0696. The minimum absolute atomic E-state index is 0.0978. The molecule has 0 unspecified atom stereocenters. The van der Waals surface area contributed by atoms with Crippen molar-refractivity contribution < 1.29 is 14.7 Å². The van der Waals surface area contributed by atoms with E-state index in [-0.39, 0.29) is 11.6 Å². The van der Waals surface area contributed by atoms with Crippen molar-refractivity contribution >= 4 is 17.7 Å². The minimum atomic E-state index is -0.950. The molecular formula is C16H22N2O3. The number of nitrogens with one attached hydrogen (secondary N) is 1. The second kappa shape index (κ2) is 7.11. The van der Waals surface area contributed by atoms with Crippen LogP contribution in [0.2, 0.25) is 0 Å². The van der Waals surface area contributed by atoms with E-state index in [1.165, 1.54) is 25.3 Å². The molecule has 0 saturated carbocycles. The third kappa shape index (κ3) is 4.21. The lowest BCUT2D eigenvalue weighted by Gasteiger charge is -2.25. The molecule has 0 atom stereocenters. The Labute approximate surface area is 125 Å². The molecule has 0 aliphatic carbocycles. The van der Waals surface area contributed by atoms with Gasteiger partial charge in [0.1, 0.15) is 0 Å². The number of benzene rings is 1. The van der Waals surface area contributed by atoms with Crippen LogP contribution in [0.25, 0.3) is 0 Å². The molecule has 0 aromatic heterocycles. The van der Waals surface area contributed by atoms with Gasteiger partial charge in [-0.3, -0.25) is 0 Å². The molecule has 1 saturated heterocycles. The molecule has 1 aliphatic rings. The van der Waals surface area contributed by atoms with Crippen molar-refractivity contribution in [3.8, 4) is 0 Å². The zero-order valence-electron chi connectivity index (χ0n) is 12.4. The van der Waals surface area contributed by atoms with Gasteiger partial charge in [-0.1, -0.05) is 19.3 Å². The average molecular weight is 290 g/mol. The summed E-state index contributed by atoms with van der Waals surface area (Å²) in [6, 6.07) is 4.77. The number of amides is 2. The van der Waals surface area contributed by atoms with Crippen molar-refractivity contribution in [3.63, 3.8) is 0 Å². The summed E-state index contributed by atoms with van der Waals surface area (Å²) < 4.78 is 0. The first kappa shape index (κ1) is 15.4. The Balaban J connectivity index is 2.01. The molecule has 1 aromatic carbocycles. The maximum absolute atomic E-state index is 12.3. The predicted octanol–water partition coefficient (Wildman–Crippen LogP) is 3.49. The maximum Gasteiger partial charge on any atom is 0.335 e. The molecular weight excluding hydrogens is 268 g/mol. The zero-order chi connectivity index (χ0) is 15.2. The van der Waals surface area contributed by atoms with Gasteiger partial charge < -0.3 is 15.3 Å². The van der Waals surface area contributed by atoms with Gasteiger partial charge in [0.2, 0.25) is 0 Å². The Morgan fingerprint density at radius 2 is 1.71 bits per heavy atom. The third-order valence-electron chi connectivity index (χ3n) is 3.85. The summed E-state index contributed by atoms with van der Waals surface area (Å²) >= 11 is 0. The van der Waals surface area contributed by atoms with Crippen molar-refractivity contribution in [3.05, 3.63) is 29.3 Å². The van der Waals surface area contributed by atoms with Crippen molar-refractivity contribution in [1.29, 1.82) is 0 Å². The SMILES string of the molecule is Cc1cc(NC(=O)N2CCCCCCC2)ccc1C(=O)O. The number of urea groups is 1. The van der Waals surface area contributed by atoms with E-state index in [9.17, 15) is 9.59 Å². The highest BCUT2D eigenvalue weighted by Crippen LogP contribution is 2.17. The van der Waals surface area contributed by atoms with Crippen LogP contribution in [-0.4, -0.2) is 35.1 Å². The van der Waals surface area contributed by atoms with E-state index in [1.807, 2.05) is 4.90 Å². The molecule has 0 spiro atoms. The smallest absolute Gasteiger partial charge is 0.335 e. The average Bonchev–Trinajstić information content (AvgIpc) is 2.37. The van der Waals surface area contributed by atoms with Crippen LogP contribution in [-0.2, 0) is 0 Å². The number of nitrogens with zero attached hydrogens (tertiary/aromatic N) is 1. The number of aromatic carboxylic acids is 1. The van der Waals surface area contributed by atoms with Crippen molar-refractivity contribution in [2.45, 2.75) is 39.0 Å². The summed E-state index contributed by atoms with van der Waals surface area (Å²) in [5.41, 5.74) is 1.55. The van der Waals surface area contributed by atoms with Crippen LogP contribution >= 0.6 is 0 Å². The highest BCUT2D eigenvalue weighted by Gasteiger charge is 2.15. The first-order valence-corrected chi connectivity index (χ1v) is 7.48. The number of carboxylic acids is 1. The number of hydrogen-bond donors (Lipinski definition) is 2. The standard InChI is InChI=1S/C16H22N2O3/c1-12-11-13(7-8-14(12)15(19)20)17-16(21)18-9-5-3-2-4-6-10-18/h7-8,11H,2-6,9-10H2,1H3,(H,17,21)(H,19,20). The van der Waals surface area contributed by atoms with Gasteiger partial charge in [0, 0.05) is 18.8 Å². The molecule has 2 rings (SSSR count). The number of hydrogen-bond acceptors (Lipinski definition) is 2. The Morgan fingerprint density at radius 3 is 2.29 bits per heavy atom. The molecule has 1 aliphatic heterocycles. The summed E-state index contributed by atoms with van der Waals surface area (Å²) in [6.45, 7) is 3.31. The van der Waals surface area contributed by atoms with E-state index in [0.29, 0.717) is 11.3 Å². The lowest BCUT2D eigenvalue weighted by atomic mass is 10.1. The van der Waals surface area contributed by atoms with Gasteiger partial charge in [0.25, 0.3) is 0 Å². The molecule has 0 radical (unpaired) electrons. The van der Waals surface area contributed by atoms with Crippen LogP contribution in [0.15, 0.2) is 18.2 Å². The molecule has 5 nitrogen and oxygen atoms in total. The Kier molecular flexibility index (Phi) is 5.20. The van der Waals surface area contributed by atoms with Crippen LogP contribution in [0.4, 0.5) is 10.5 Å². The van der Waals surface area contributed by atoms with Gasteiger partial charge in [-0.2, -0.15) is 0 Å². The topological polar surface area (TPSA) is 69.6 Å². The van der Waals surface area contributed by atoms with E-state index < -0.39 is 5.97 Å². The molecule has 0 bridgehead atoms. The second-order valence-electron chi connectivity index (χ2n) is 5.52. The molecule has 1 fully saturated rings. The normalized spacial score (nSPS) is 16.0. The van der Waals surface area contributed by atoms with E-state index in [0.717, 1.165) is 25.9 Å². The van der Waals surface area contributed by atoms with Crippen LogP contribution in [0.5, 0.6) is 0 Å². The second-order valence-corrected chi connectivity index (χ2v) is 5.52. The van der Waals surface area contributed by atoms with E-state index >= 15 is 0 Å². The Bertz CT molecular complexity index is 520. The Hall–Kier alpha value is -2.04. The summed E-state index contributed by atoms with van der Waals surface area (Å²) in [7, 11) is 0. The van der Waals surface area contributed by atoms with Crippen LogP contribution in [0, 0.1) is 6.92 Å². The molecule has 21 heavy (non-hydrogen) atoms. The van der Waals surface area contributed by atoms with Gasteiger partial charge in [0.05, 0.1) is 5.56 Å². The fourth-order valence-electron chi connectivity index (χ4n) is 2.63. The van der Waals surface area contributed by atoms with Crippen molar-refractivity contribution in [1.82, 2.24) is 4.90 Å². The number of anilines is 1. The summed E-state index contributed by atoms with van der Waals surface area (Å²) in [4.78, 5) is 25.1. The minimum Gasteiger partial charge on any atom is -0.478 e. The number of carbonyl (C=O) groups is 2. The summed E-state index contributed by atoms with van der Waals surface area (Å²) in [6.07, 6.45) is 5.70. The first-order chi connectivity index (χ1) is 10.1. The quantitative estimate of drug-likeness (QED) is 0.876. The summed E-state index contributed by atoms with van der Waals surface area (Å²) in [5, 5.41) is 11.9. The third-order valence-corrected chi connectivity index (χ3v) is 3.85. The highest BCUT2D eigenvalue weighted by atomic mass is 16.4. The van der Waals surface area contributed by atoms with Crippen LogP contribution in [0.1, 0.15) is 48.0 Å². The molecule has 114 valence electrons. The van der Waals surface area contributed by atoms with Gasteiger partial charge in [0.15, 0.2) is 0 Å². The van der Waals surface area contributed by atoms with E-state index in [4.69, 9.17) is 5.11 Å². The van der Waals surface area contributed by atoms with Gasteiger partial charge in [-0.15, -0.1) is 0 Å². The number of likely N-dealkylation sites (tertiary alicyclic amines) is 1. The predicted molar refractivity (Wildman–Crippen MR) is 81.8 cm³/mol. The molecule has 2 N–H and O–H groups in total. The number of carbonyl (C=O) groups excluding carboxylic acids is 1. The van der Waals surface area contributed by atoms with Gasteiger partial charge in [-0.25, -0.2) is 9.59 Å². The first-order valence-electron chi connectivity index (χ1n) is 7.48. The fourth-order valence-corrected chi connectivity index (χ4v) is 2.63. The van der Waals surface area contributed by atoms with E-state index in [1.54, 1.807) is 19.1 Å². The monoisotopic (exact) mass is 290 g/mol. The largest absolute Gasteiger partial charge is 0.478 e. The molecule has 1 heterocycles. The van der Waals surface area contributed by atoms with Crippen LogP contribution in [0.3, 0.4) is 0 Å². The van der Waals surface area contributed by atoms with Gasteiger partial charge >= 0.3 is 12.0 Å². The summed E-state index contributed by atoms with van der Waals surface area (Å²) in [5.74, 6) is -0.950. The fraction of sp³-hybridized carbons (Fsp3) is 0.500. The lowest BCUT2D eigenvalue weighted by Crippen LogP contribution is -2.37. The van der Waals surface area contributed by atoms with E-state index in [2.05, 4.69) is 5.32 Å². The Morgan fingerprint density at radius 1 is 1.10 bits per heavy atom. The maximum atomic E-state index is 12.3. The zero-order valence-corrected chi connectivity index (χ0v) is 12.4. The number of rotatable bonds is 2. The molecule has 2 amide bonds. The molecule has 1 aromatic rings.